The van der Waals surface area contributed by atoms with Crippen molar-refractivity contribution in [2.24, 2.45) is 0 Å². The predicted molar refractivity (Wildman–Crippen MR) is 114 cm³/mol. The molecule has 0 aliphatic carbocycles. The zero-order valence-electron chi connectivity index (χ0n) is 17.2. The summed E-state index contributed by atoms with van der Waals surface area (Å²) in [5.74, 6) is 0.271. The lowest BCUT2D eigenvalue weighted by atomic mass is 10.2. The predicted octanol–water partition coefficient (Wildman–Crippen LogP) is 3.35. The summed E-state index contributed by atoms with van der Waals surface area (Å²) in [4.78, 5) is 29.7. The van der Waals surface area contributed by atoms with Crippen LogP contribution >= 0.6 is 11.8 Å². The van der Waals surface area contributed by atoms with Crippen molar-refractivity contribution in [1.29, 1.82) is 0 Å². The molecule has 10 heteroatoms. The Balaban J connectivity index is 1.56. The number of hydrogen-bond acceptors (Lipinski definition) is 9. The zero-order chi connectivity index (χ0) is 22.2. The van der Waals surface area contributed by atoms with Crippen molar-refractivity contribution in [2.45, 2.75) is 17.9 Å². The highest BCUT2D eigenvalue weighted by atomic mass is 32.2. The molecule has 2 aromatic carbocycles. The number of aromatic nitrogens is 2. The number of nitrogens with one attached hydrogen (secondary N) is 1. The third-order valence-corrected chi connectivity index (χ3v) is 4.89. The fraction of sp³-hybridized carbons (Fsp3) is 0.238. The van der Waals surface area contributed by atoms with Crippen molar-refractivity contribution in [3.63, 3.8) is 0 Å². The van der Waals surface area contributed by atoms with Gasteiger partial charge in [-0.3, -0.25) is 4.79 Å². The molecule has 1 N–H and O–H groups in total. The first kappa shape index (κ1) is 22.2. The minimum Gasteiger partial charge on any atom is -0.496 e. The monoisotopic (exact) mass is 443 g/mol. The van der Waals surface area contributed by atoms with Gasteiger partial charge in [-0.25, -0.2) is 4.79 Å². The summed E-state index contributed by atoms with van der Waals surface area (Å²) in [5, 5.41) is 6.48. The average Bonchev–Trinajstić information content (AvgIpc) is 3.24. The molecule has 0 saturated carbocycles. The van der Waals surface area contributed by atoms with E-state index in [9.17, 15) is 9.59 Å². The van der Waals surface area contributed by atoms with Crippen LogP contribution in [0.2, 0.25) is 0 Å². The molecular weight excluding hydrogens is 422 g/mol. The lowest BCUT2D eigenvalue weighted by Crippen LogP contribution is -2.15. The number of rotatable bonds is 9. The van der Waals surface area contributed by atoms with Crippen LogP contribution in [0.3, 0.4) is 0 Å². The Hall–Kier alpha value is -3.53. The van der Waals surface area contributed by atoms with Crippen LogP contribution in [0.4, 0.5) is 5.69 Å². The number of hydrogen-bond donors (Lipinski definition) is 1. The number of esters is 1. The number of nitrogens with zero attached hydrogens (tertiary/aromatic N) is 2. The standard InChI is InChI=1S/C21H21N3O6S/c1-27-16-7-5-4-6-15(16)22-19(25)11-18-23-20(30-24-18)12-29-21(26)14-9-8-13(31-3)10-17(14)28-2/h4-10H,11-12H2,1-3H3,(H,22,25). The maximum atomic E-state index is 12.4. The molecule has 0 fully saturated rings. The smallest absolute Gasteiger partial charge is 0.342 e. The molecule has 0 radical (unpaired) electrons. The summed E-state index contributed by atoms with van der Waals surface area (Å²) < 4.78 is 20.8. The third-order valence-electron chi connectivity index (χ3n) is 4.17. The van der Waals surface area contributed by atoms with Crippen LogP contribution in [-0.2, 0) is 22.6 Å². The highest BCUT2D eigenvalue weighted by molar-refractivity contribution is 7.98. The summed E-state index contributed by atoms with van der Waals surface area (Å²) in [6.45, 7) is -0.229. The van der Waals surface area contributed by atoms with Gasteiger partial charge in [0.05, 0.1) is 26.3 Å². The third kappa shape index (κ3) is 5.76. The molecule has 31 heavy (non-hydrogen) atoms. The van der Waals surface area contributed by atoms with E-state index in [1.807, 2.05) is 6.26 Å². The van der Waals surface area contributed by atoms with Crippen molar-refractivity contribution in [2.75, 3.05) is 25.8 Å². The van der Waals surface area contributed by atoms with E-state index in [0.717, 1.165) is 4.90 Å². The maximum absolute atomic E-state index is 12.4. The summed E-state index contributed by atoms with van der Waals surface area (Å²) in [6.07, 6.45) is 1.82. The number of amides is 1. The van der Waals surface area contributed by atoms with Crippen LogP contribution in [0.1, 0.15) is 22.1 Å². The van der Waals surface area contributed by atoms with Gasteiger partial charge in [-0.1, -0.05) is 17.3 Å². The lowest BCUT2D eigenvalue weighted by Gasteiger charge is -2.09. The van der Waals surface area contributed by atoms with Gasteiger partial charge in [-0.2, -0.15) is 4.98 Å². The molecule has 0 aliphatic rings. The summed E-state index contributed by atoms with van der Waals surface area (Å²) in [7, 11) is 3.00. The number of para-hydroxylation sites is 2. The van der Waals surface area contributed by atoms with E-state index in [0.29, 0.717) is 17.2 Å². The number of ether oxygens (including phenoxy) is 3. The van der Waals surface area contributed by atoms with Crippen molar-refractivity contribution in [3.8, 4) is 11.5 Å². The van der Waals surface area contributed by atoms with E-state index in [2.05, 4.69) is 15.5 Å². The highest BCUT2D eigenvalue weighted by Crippen LogP contribution is 2.26. The molecule has 0 unspecified atom stereocenters. The van der Waals surface area contributed by atoms with Gasteiger partial charge in [0, 0.05) is 4.90 Å². The first-order valence-corrected chi connectivity index (χ1v) is 10.4. The van der Waals surface area contributed by atoms with Crippen molar-refractivity contribution in [1.82, 2.24) is 10.1 Å². The topological polar surface area (TPSA) is 113 Å². The molecule has 1 amide bonds. The molecule has 0 aliphatic heterocycles. The Kier molecular flexibility index (Phi) is 7.50. The van der Waals surface area contributed by atoms with Gasteiger partial charge in [0.15, 0.2) is 12.4 Å². The van der Waals surface area contributed by atoms with Gasteiger partial charge in [0.1, 0.15) is 17.1 Å². The molecule has 3 aromatic rings. The van der Waals surface area contributed by atoms with Gasteiger partial charge in [-0.05, 0) is 36.6 Å². The normalized spacial score (nSPS) is 10.4. The number of anilines is 1. The first-order valence-electron chi connectivity index (χ1n) is 9.17. The van der Waals surface area contributed by atoms with Crippen LogP contribution in [0.5, 0.6) is 11.5 Å². The Morgan fingerprint density at radius 2 is 1.87 bits per heavy atom. The summed E-state index contributed by atoms with van der Waals surface area (Å²) >= 11 is 1.53. The zero-order valence-corrected chi connectivity index (χ0v) is 18.0. The summed E-state index contributed by atoms with van der Waals surface area (Å²) in [6, 6.07) is 12.2. The number of carbonyl (C=O) groups excluding carboxylic acids is 2. The minimum atomic E-state index is -0.585. The number of methoxy groups -OCH3 is 2. The highest BCUT2D eigenvalue weighted by Gasteiger charge is 2.17. The van der Waals surface area contributed by atoms with Crippen molar-refractivity contribution in [3.05, 3.63) is 59.7 Å². The van der Waals surface area contributed by atoms with Gasteiger partial charge in [-0.15, -0.1) is 11.8 Å². The molecule has 0 saturated heterocycles. The Bertz CT molecular complexity index is 1070. The Morgan fingerprint density at radius 3 is 2.61 bits per heavy atom. The fourth-order valence-electron chi connectivity index (χ4n) is 2.68. The van der Waals surface area contributed by atoms with Crippen molar-refractivity contribution < 1.29 is 28.3 Å². The van der Waals surface area contributed by atoms with E-state index in [1.54, 1.807) is 42.5 Å². The van der Waals surface area contributed by atoms with Crippen LogP contribution in [0, 0.1) is 0 Å². The van der Waals surface area contributed by atoms with Gasteiger partial charge < -0.3 is 24.1 Å². The van der Waals surface area contributed by atoms with Crippen LogP contribution in [-0.4, -0.2) is 42.5 Å². The average molecular weight is 443 g/mol. The number of benzene rings is 2. The van der Waals surface area contributed by atoms with Gasteiger partial charge in [0.25, 0.3) is 5.89 Å². The maximum Gasteiger partial charge on any atom is 0.342 e. The second kappa shape index (κ2) is 10.5. The molecule has 1 aromatic heterocycles. The molecule has 3 rings (SSSR count). The van der Waals surface area contributed by atoms with Gasteiger partial charge >= 0.3 is 5.97 Å². The Labute approximate surface area is 183 Å². The van der Waals surface area contributed by atoms with E-state index in [-0.39, 0.29) is 36.2 Å². The quantitative estimate of drug-likeness (QED) is 0.393. The number of thioether (sulfide) groups is 1. The molecule has 0 atom stereocenters. The largest absolute Gasteiger partial charge is 0.496 e. The van der Waals surface area contributed by atoms with Crippen LogP contribution in [0.25, 0.3) is 0 Å². The minimum absolute atomic E-state index is 0.0770. The van der Waals surface area contributed by atoms with E-state index < -0.39 is 5.97 Å². The second-order valence-electron chi connectivity index (χ2n) is 6.17. The fourth-order valence-corrected chi connectivity index (χ4v) is 3.11. The van der Waals surface area contributed by atoms with E-state index >= 15 is 0 Å². The molecule has 1 heterocycles. The van der Waals surface area contributed by atoms with E-state index in [1.165, 1.54) is 26.0 Å². The molecule has 0 spiro atoms. The SMILES string of the molecule is COc1ccccc1NC(=O)Cc1noc(COC(=O)c2ccc(SC)cc2OC)n1. The van der Waals surface area contributed by atoms with Crippen LogP contribution < -0.4 is 14.8 Å². The first-order chi connectivity index (χ1) is 15.0. The van der Waals surface area contributed by atoms with Crippen LogP contribution in [0.15, 0.2) is 51.9 Å². The van der Waals surface area contributed by atoms with Crippen molar-refractivity contribution >= 4 is 29.3 Å². The number of carbonyl (C=O) groups is 2. The molecule has 162 valence electrons. The lowest BCUT2D eigenvalue weighted by molar-refractivity contribution is -0.115. The second-order valence-corrected chi connectivity index (χ2v) is 7.05. The Morgan fingerprint density at radius 1 is 1.10 bits per heavy atom. The summed E-state index contributed by atoms with van der Waals surface area (Å²) in [5.41, 5.74) is 0.824. The van der Waals surface area contributed by atoms with Gasteiger partial charge in [0.2, 0.25) is 5.91 Å². The van der Waals surface area contributed by atoms with E-state index in [4.69, 9.17) is 18.7 Å². The molecule has 9 nitrogen and oxygen atoms in total. The molecular formula is C21H21N3O6S. The molecule has 0 bridgehead atoms.